The van der Waals surface area contributed by atoms with Crippen LogP contribution in [0.15, 0.2) is 47.5 Å². The average molecular weight is 509 g/mol. The fourth-order valence-corrected chi connectivity index (χ4v) is 7.03. The first-order valence-electron chi connectivity index (χ1n) is 12.3. The van der Waals surface area contributed by atoms with Gasteiger partial charge in [0.05, 0.1) is 6.54 Å². The Morgan fingerprint density at radius 3 is 2.11 bits per heavy atom. The number of carbonyl (C=O) groups excluding carboxylic acids is 1. The minimum Gasteiger partial charge on any atom is -0.370 e. The molecule has 4 bridgehead atoms. The highest BCUT2D eigenvalue weighted by Gasteiger charge is 2.57. The van der Waals surface area contributed by atoms with E-state index < -0.39 is 30.5 Å². The Kier molecular flexibility index (Phi) is 6.11. The van der Waals surface area contributed by atoms with Crippen LogP contribution in [0.25, 0.3) is 11.3 Å². The van der Waals surface area contributed by atoms with Gasteiger partial charge in [-0.3, -0.25) is 4.79 Å². The maximum atomic E-state index is 13.2. The molecule has 0 spiro atoms. The maximum absolute atomic E-state index is 13.2. The van der Waals surface area contributed by atoms with Crippen LogP contribution in [0.3, 0.4) is 0 Å². The van der Waals surface area contributed by atoms with E-state index in [0.717, 1.165) is 36.2 Å². The largest absolute Gasteiger partial charge is 0.455 e. The van der Waals surface area contributed by atoms with Gasteiger partial charge in [0.15, 0.2) is 5.96 Å². The number of nitrogens with two attached hydrogens (primary N) is 1. The minimum absolute atomic E-state index is 0.0235. The lowest BCUT2D eigenvalue weighted by Crippen LogP contribution is -2.49. The number of nitrogens with one attached hydrogen (secondary N) is 1. The first kappa shape index (κ1) is 24.8. The predicted molar refractivity (Wildman–Crippen MR) is 125 cm³/mol. The second-order valence-electron chi connectivity index (χ2n) is 10.7. The molecule has 1 amide bonds. The Bertz CT molecular complexity index is 1120. The lowest BCUT2D eigenvalue weighted by molar-refractivity contribution is -0.278. The Balaban J connectivity index is 1.42. The van der Waals surface area contributed by atoms with Crippen LogP contribution in [0.4, 0.5) is 22.0 Å². The summed E-state index contributed by atoms with van der Waals surface area (Å²) in [4.78, 5) is 16.4. The molecule has 10 heteroatoms. The number of rotatable bonds is 6. The molecule has 0 radical (unpaired) electrons. The Morgan fingerprint density at radius 2 is 1.56 bits per heavy atom. The highest BCUT2D eigenvalue weighted by Crippen LogP contribution is 2.61. The van der Waals surface area contributed by atoms with Gasteiger partial charge in [0.2, 0.25) is 0 Å². The van der Waals surface area contributed by atoms with Crippen molar-refractivity contribution in [3.63, 3.8) is 0 Å². The summed E-state index contributed by atoms with van der Waals surface area (Å²) in [5.74, 6) is -4.44. The quantitative estimate of drug-likeness (QED) is 0.318. The number of alkyl halides is 5. The zero-order valence-corrected chi connectivity index (χ0v) is 19.7. The summed E-state index contributed by atoms with van der Waals surface area (Å²) in [5, 5.41) is 1.74. The van der Waals surface area contributed by atoms with Crippen LogP contribution >= 0.6 is 0 Å². The third-order valence-electron chi connectivity index (χ3n) is 8.08. The van der Waals surface area contributed by atoms with Crippen molar-refractivity contribution in [2.45, 2.75) is 62.6 Å². The van der Waals surface area contributed by atoms with Crippen LogP contribution < -0.4 is 11.1 Å². The second-order valence-corrected chi connectivity index (χ2v) is 10.7. The molecule has 36 heavy (non-hydrogen) atoms. The van der Waals surface area contributed by atoms with Gasteiger partial charge in [0.25, 0.3) is 5.91 Å². The molecule has 3 N–H and O–H groups in total. The maximum Gasteiger partial charge on any atom is 0.455 e. The van der Waals surface area contributed by atoms with E-state index in [2.05, 4.69) is 11.1 Å². The number of nitrogens with zero attached hydrogens (tertiary/aromatic N) is 2. The topological polar surface area (TPSA) is 72.4 Å². The van der Waals surface area contributed by atoms with Gasteiger partial charge in [-0.05, 0) is 74.0 Å². The third-order valence-corrected chi connectivity index (χ3v) is 8.08. The molecule has 194 valence electrons. The Morgan fingerprint density at radius 1 is 0.972 bits per heavy atom. The predicted octanol–water partition coefficient (Wildman–Crippen LogP) is 5.25. The van der Waals surface area contributed by atoms with Crippen molar-refractivity contribution in [1.82, 2.24) is 9.88 Å². The van der Waals surface area contributed by atoms with Gasteiger partial charge < -0.3 is 15.6 Å². The van der Waals surface area contributed by atoms with Crippen LogP contribution in [0.1, 0.15) is 44.2 Å². The first-order chi connectivity index (χ1) is 17.0. The summed E-state index contributed by atoms with van der Waals surface area (Å²) in [6.45, 7) is -1.98. The van der Waals surface area contributed by atoms with E-state index in [1.165, 1.54) is 19.3 Å². The summed E-state index contributed by atoms with van der Waals surface area (Å²) < 4.78 is 65.6. The molecule has 4 aliphatic rings. The number of guanidine groups is 1. The molecule has 4 aliphatic carbocycles. The van der Waals surface area contributed by atoms with Gasteiger partial charge in [-0.1, -0.05) is 30.3 Å². The molecule has 1 aromatic carbocycles. The minimum atomic E-state index is -5.73. The molecule has 1 aromatic heterocycles. The number of aromatic nitrogens is 1. The lowest BCUT2D eigenvalue weighted by Gasteiger charge is -2.57. The summed E-state index contributed by atoms with van der Waals surface area (Å²) in [7, 11) is 0. The fourth-order valence-electron chi connectivity index (χ4n) is 7.03. The van der Waals surface area contributed by atoms with E-state index in [9.17, 15) is 26.7 Å². The zero-order chi connectivity index (χ0) is 25.7. The summed E-state index contributed by atoms with van der Waals surface area (Å²) in [6, 6.07) is 13.7. The second kappa shape index (κ2) is 8.88. The van der Waals surface area contributed by atoms with Crippen LogP contribution in [0, 0.1) is 17.8 Å². The van der Waals surface area contributed by atoms with Crippen molar-refractivity contribution in [2.75, 3.05) is 6.54 Å². The molecule has 0 unspecified atom stereocenters. The van der Waals surface area contributed by atoms with E-state index in [1.807, 2.05) is 41.0 Å². The van der Waals surface area contributed by atoms with Crippen molar-refractivity contribution in [1.29, 1.82) is 0 Å². The van der Waals surface area contributed by atoms with Crippen molar-refractivity contribution in [3.8, 4) is 11.3 Å². The normalized spacial score (nSPS) is 27.9. The number of benzene rings is 1. The molecular weight excluding hydrogens is 479 g/mol. The summed E-state index contributed by atoms with van der Waals surface area (Å²) >= 11 is 0. The van der Waals surface area contributed by atoms with E-state index >= 15 is 0 Å². The number of halogens is 5. The highest BCUT2D eigenvalue weighted by molar-refractivity contribution is 5.92. The van der Waals surface area contributed by atoms with Crippen LogP contribution in [0.2, 0.25) is 0 Å². The molecule has 4 fully saturated rings. The summed E-state index contributed by atoms with van der Waals surface area (Å²) in [5.41, 5.74) is 8.29. The smallest absolute Gasteiger partial charge is 0.370 e. The zero-order valence-electron chi connectivity index (χ0n) is 19.7. The fraction of sp³-hybridized carbons (Fsp3) is 0.538. The van der Waals surface area contributed by atoms with Crippen molar-refractivity contribution < 1.29 is 26.7 Å². The van der Waals surface area contributed by atoms with Crippen molar-refractivity contribution in [3.05, 3.63) is 48.2 Å². The highest BCUT2D eigenvalue weighted by atomic mass is 19.4. The van der Waals surface area contributed by atoms with Gasteiger partial charge in [-0.2, -0.15) is 26.9 Å². The third kappa shape index (κ3) is 4.62. The van der Waals surface area contributed by atoms with E-state index in [1.54, 1.807) is 5.32 Å². The van der Waals surface area contributed by atoms with Gasteiger partial charge in [0.1, 0.15) is 6.54 Å². The van der Waals surface area contributed by atoms with Crippen molar-refractivity contribution in [2.24, 2.45) is 28.5 Å². The molecule has 0 saturated heterocycles. The number of hydrogen-bond donors (Lipinski definition) is 2. The van der Waals surface area contributed by atoms with Crippen LogP contribution in [-0.2, 0) is 16.8 Å². The molecule has 4 saturated carbocycles. The summed E-state index contributed by atoms with van der Waals surface area (Å²) in [6.07, 6.45) is 1.28. The SMILES string of the molecule is N/C(=N\C(=O)Cn1c(-c2ccccc2)ccc1C12CC3CC(CC(C3)C1)C2)NCC(F)(F)C(F)(F)F. The molecule has 5 nitrogen and oxygen atoms in total. The Labute approximate surface area is 206 Å². The monoisotopic (exact) mass is 508 g/mol. The average Bonchev–Trinajstić information content (AvgIpc) is 3.21. The molecule has 6 rings (SSSR count). The number of carbonyl (C=O) groups is 1. The van der Waals surface area contributed by atoms with E-state index in [0.29, 0.717) is 17.8 Å². The molecule has 0 atom stereocenters. The molecule has 0 aliphatic heterocycles. The number of hydrogen-bond acceptors (Lipinski definition) is 1. The van der Waals surface area contributed by atoms with Gasteiger partial charge >= 0.3 is 12.1 Å². The van der Waals surface area contributed by atoms with Crippen molar-refractivity contribution >= 4 is 11.9 Å². The molecule has 1 heterocycles. The molecule has 2 aromatic rings. The standard InChI is InChI=1S/C26H29F5N4O/c27-25(28,26(29,30)31)15-33-23(32)34-22(36)14-35-20(19-4-2-1-3-5-19)6-7-21(35)24-11-16-8-17(12-24)10-18(9-16)13-24/h1-7,16-18H,8-15H2,(H3,32,33,34,36). The Hall–Kier alpha value is -2.91. The first-order valence-corrected chi connectivity index (χ1v) is 12.3. The van der Waals surface area contributed by atoms with E-state index in [4.69, 9.17) is 5.73 Å². The van der Waals surface area contributed by atoms with Gasteiger partial charge in [0, 0.05) is 16.8 Å². The van der Waals surface area contributed by atoms with Crippen LogP contribution in [-0.4, -0.2) is 35.1 Å². The van der Waals surface area contributed by atoms with Crippen LogP contribution in [0.5, 0.6) is 0 Å². The van der Waals surface area contributed by atoms with E-state index in [-0.39, 0.29) is 12.0 Å². The van der Waals surface area contributed by atoms with Gasteiger partial charge in [-0.25, -0.2) is 0 Å². The number of amides is 1. The number of aliphatic imine (C=N–C) groups is 1. The molecular formula is C26H29F5N4O. The van der Waals surface area contributed by atoms with Gasteiger partial charge in [-0.15, -0.1) is 0 Å². The lowest BCUT2D eigenvalue weighted by atomic mass is 9.49.